The van der Waals surface area contributed by atoms with E-state index < -0.39 is 0 Å². The number of ether oxygens (including phenoxy) is 1. The fraction of sp³-hybridized carbons (Fsp3) is 0.391. The predicted octanol–water partition coefficient (Wildman–Crippen LogP) is 3.68. The number of para-hydroxylation sites is 2. The van der Waals surface area contributed by atoms with Crippen molar-refractivity contribution in [1.29, 1.82) is 5.26 Å². The van der Waals surface area contributed by atoms with Crippen LogP contribution in [0.4, 0.5) is 5.82 Å². The molecule has 2 fully saturated rings. The number of rotatable bonds is 4. The lowest BCUT2D eigenvalue weighted by Gasteiger charge is -2.46. The van der Waals surface area contributed by atoms with E-state index in [-0.39, 0.29) is 0 Å². The molecule has 0 amide bonds. The third kappa shape index (κ3) is 3.54. The summed E-state index contributed by atoms with van der Waals surface area (Å²) >= 11 is 0. The minimum absolute atomic E-state index is 0.498. The smallest absolute Gasteiger partial charge is 0.180 e. The van der Waals surface area contributed by atoms with Crippen molar-refractivity contribution >= 4 is 16.8 Å². The maximum Gasteiger partial charge on any atom is 0.180 e. The molecule has 3 aromatic rings. The minimum atomic E-state index is 0.498. The molecule has 2 aliphatic rings. The quantitative estimate of drug-likeness (QED) is 0.679. The molecule has 1 aromatic heterocycles. The molecule has 0 bridgehead atoms. The second-order valence-corrected chi connectivity index (χ2v) is 7.96. The topological polar surface area (TPSA) is 65.5 Å². The summed E-state index contributed by atoms with van der Waals surface area (Å²) in [6.07, 6.45) is 2.30. The van der Waals surface area contributed by atoms with Crippen LogP contribution < -0.4 is 9.64 Å². The van der Waals surface area contributed by atoms with Gasteiger partial charge in [0.2, 0.25) is 0 Å². The van der Waals surface area contributed by atoms with E-state index in [9.17, 15) is 5.26 Å². The van der Waals surface area contributed by atoms with Gasteiger partial charge in [0.1, 0.15) is 11.8 Å². The van der Waals surface area contributed by atoms with Crippen LogP contribution in [0.1, 0.15) is 18.4 Å². The lowest BCUT2D eigenvalue weighted by atomic mass is 9.91. The molecule has 2 saturated heterocycles. The molecule has 29 heavy (non-hydrogen) atoms. The van der Waals surface area contributed by atoms with Crippen LogP contribution in [-0.2, 0) is 0 Å². The normalized spacial score (nSPS) is 22.2. The van der Waals surface area contributed by atoms with Crippen molar-refractivity contribution in [2.75, 3.05) is 37.7 Å². The predicted molar refractivity (Wildman–Crippen MR) is 111 cm³/mol. The zero-order chi connectivity index (χ0) is 19.6. The molecule has 5 rings (SSSR count). The summed E-state index contributed by atoms with van der Waals surface area (Å²) in [6, 6.07) is 18.3. The lowest BCUT2D eigenvalue weighted by molar-refractivity contribution is 0.0726. The van der Waals surface area contributed by atoms with Crippen molar-refractivity contribution in [2.24, 2.45) is 5.92 Å². The van der Waals surface area contributed by atoms with E-state index in [1.165, 1.54) is 0 Å². The lowest BCUT2D eigenvalue weighted by Crippen LogP contribution is -2.57. The Kier molecular flexibility index (Phi) is 4.82. The van der Waals surface area contributed by atoms with Gasteiger partial charge in [-0.15, -0.1) is 0 Å². The van der Waals surface area contributed by atoms with Crippen LogP contribution >= 0.6 is 0 Å². The summed E-state index contributed by atoms with van der Waals surface area (Å²) in [5, 5.41) is 14.7. The van der Waals surface area contributed by atoms with Gasteiger partial charge in [0.15, 0.2) is 11.4 Å². The number of piperazine rings is 1. The van der Waals surface area contributed by atoms with Crippen molar-refractivity contribution in [3.63, 3.8) is 0 Å². The monoisotopic (exact) mass is 388 g/mol. The van der Waals surface area contributed by atoms with Crippen LogP contribution in [0, 0.1) is 17.2 Å². The van der Waals surface area contributed by atoms with E-state index in [1.807, 2.05) is 36.4 Å². The first-order valence-electron chi connectivity index (χ1n) is 10.3. The highest BCUT2D eigenvalue weighted by molar-refractivity contribution is 5.88. The second kappa shape index (κ2) is 7.76. The van der Waals surface area contributed by atoms with Gasteiger partial charge >= 0.3 is 0 Å². The van der Waals surface area contributed by atoms with Crippen molar-refractivity contribution in [2.45, 2.75) is 18.9 Å². The van der Waals surface area contributed by atoms with Crippen LogP contribution in [0.25, 0.3) is 11.0 Å². The summed E-state index contributed by atoms with van der Waals surface area (Å²) in [5.74, 6) is 2.16. The number of fused-ring (bicyclic) bond motifs is 2. The maximum atomic E-state index is 9.22. The zero-order valence-electron chi connectivity index (χ0n) is 16.3. The van der Waals surface area contributed by atoms with Crippen LogP contribution in [0.15, 0.2) is 53.1 Å². The number of hydrogen-bond donors (Lipinski definition) is 0. The number of benzene rings is 2. The maximum absolute atomic E-state index is 9.22. The van der Waals surface area contributed by atoms with Gasteiger partial charge in [-0.3, -0.25) is 4.90 Å². The van der Waals surface area contributed by atoms with Gasteiger partial charge in [0, 0.05) is 38.1 Å². The molecule has 6 nitrogen and oxygen atoms in total. The second-order valence-electron chi connectivity index (χ2n) is 7.96. The molecule has 2 aromatic carbocycles. The van der Waals surface area contributed by atoms with E-state index in [0.29, 0.717) is 29.9 Å². The number of anilines is 1. The highest BCUT2D eigenvalue weighted by Gasteiger charge is 2.34. The van der Waals surface area contributed by atoms with Gasteiger partial charge in [-0.05, 0) is 37.1 Å². The Balaban J connectivity index is 1.20. The third-order valence-corrected chi connectivity index (χ3v) is 6.15. The molecule has 0 aliphatic carbocycles. The van der Waals surface area contributed by atoms with Crippen LogP contribution in [0.5, 0.6) is 5.75 Å². The zero-order valence-corrected chi connectivity index (χ0v) is 16.3. The molecule has 6 heteroatoms. The van der Waals surface area contributed by atoms with E-state index >= 15 is 0 Å². The Morgan fingerprint density at radius 3 is 2.86 bits per heavy atom. The molecule has 0 N–H and O–H groups in total. The molecule has 0 unspecified atom stereocenters. The first-order valence-corrected chi connectivity index (χ1v) is 10.3. The van der Waals surface area contributed by atoms with E-state index in [1.54, 1.807) is 6.07 Å². The van der Waals surface area contributed by atoms with Crippen molar-refractivity contribution in [3.8, 4) is 11.8 Å². The summed E-state index contributed by atoms with van der Waals surface area (Å²) < 4.78 is 11.5. The Bertz CT molecular complexity index is 1040. The fourth-order valence-corrected chi connectivity index (χ4v) is 4.58. The van der Waals surface area contributed by atoms with Gasteiger partial charge in [-0.25, -0.2) is 0 Å². The summed E-state index contributed by atoms with van der Waals surface area (Å²) in [5.41, 5.74) is 1.46. The SMILES string of the molecule is N#Cc1ccccc1OC[C@H]1CC[C@H]2CN(c3noc4ccccc34)CCN2C1. The summed E-state index contributed by atoms with van der Waals surface area (Å²) in [6.45, 7) is 4.68. The first kappa shape index (κ1) is 18.0. The van der Waals surface area contributed by atoms with Gasteiger partial charge in [-0.2, -0.15) is 5.26 Å². The fourth-order valence-electron chi connectivity index (χ4n) is 4.58. The standard InChI is InChI=1S/C23H24N4O2/c24-13-18-5-1-3-7-21(18)28-16-17-9-10-19-15-27(12-11-26(19)14-17)23-20-6-2-4-8-22(20)29-25-23/h1-8,17,19H,9-12,14-16H2/t17-,19-/m0/s1. The van der Waals surface area contributed by atoms with Crippen LogP contribution in [-0.4, -0.2) is 48.9 Å². The molecule has 0 saturated carbocycles. The van der Waals surface area contributed by atoms with Crippen molar-refractivity contribution in [1.82, 2.24) is 10.1 Å². The Morgan fingerprint density at radius 2 is 1.93 bits per heavy atom. The molecule has 0 radical (unpaired) electrons. The first-order chi connectivity index (χ1) is 14.3. The number of nitriles is 1. The highest BCUT2D eigenvalue weighted by atomic mass is 16.5. The third-order valence-electron chi connectivity index (χ3n) is 6.15. The van der Waals surface area contributed by atoms with Gasteiger partial charge in [0.25, 0.3) is 0 Å². The molecule has 2 aliphatic heterocycles. The number of hydrogen-bond acceptors (Lipinski definition) is 6. The Labute approximate surface area is 170 Å². The van der Waals surface area contributed by atoms with E-state index in [0.717, 1.165) is 55.8 Å². The molecule has 148 valence electrons. The molecular weight excluding hydrogens is 364 g/mol. The minimum Gasteiger partial charge on any atom is -0.492 e. The largest absolute Gasteiger partial charge is 0.492 e. The Morgan fingerprint density at radius 1 is 1.07 bits per heavy atom. The molecule has 3 heterocycles. The summed E-state index contributed by atoms with van der Waals surface area (Å²) in [7, 11) is 0. The average molecular weight is 388 g/mol. The molecular formula is C23H24N4O2. The molecule has 2 atom stereocenters. The average Bonchev–Trinajstić information content (AvgIpc) is 3.21. The number of aromatic nitrogens is 1. The molecule has 0 spiro atoms. The van der Waals surface area contributed by atoms with Gasteiger partial charge in [-0.1, -0.05) is 29.4 Å². The Hall–Kier alpha value is -3.04. The number of nitrogens with zero attached hydrogens (tertiary/aromatic N) is 4. The van der Waals surface area contributed by atoms with E-state index in [4.69, 9.17) is 9.26 Å². The number of piperidine rings is 1. The summed E-state index contributed by atoms with van der Waals surface area (Å²) in [4.78, 5) is 4.96. The van der Waals surface area contributed by atoms with Crippen molar-refractivity contribution in [3.05, 3.63) is 54.1 Å². The van der Waals surface area contributed by atoms with Gasteiger partial charge < -0.3 is 14.2 Å². The van der Waals surface area contributed by atoms with Crippen molar-refractivity contribution < 1.29 is 9.26 Å². The highest BCUT2D eigenvalue weighted by Crippen LogP contribution is 2.31. The van der Waals surface area contributed by atoms with Crippen LogP contribution in [0.3, 0.4) is 0 Å². The van der Waals surface area contributed by atoms with E-state index in [2.05, 4.69) is 27.1 Å². The van der Waals surface area contributed by atoms with Gasteiger partial charge in [0.05, 0.1) is 17.6 Å². The van der Waals surface area contributed by atoms with Crippen LogP contribution in [0.2, 0.25) is 0 Å².